The summed E-state index contributed by atoms with van der Waals surface area (Å²) in [5, 5.41) is 8.99. The van der Waals surface area contributed by atoms with Crippen molar-refractivity contribution in [3.05, 3.63) is 29.8 Å². The zero-order valence-corrected chi connectivity index (χ0v) is 12.3. The molecule has 0 spiro atoms. The maximum absolute atomic E-state index is 11.2. The summed E-state index contributed by atoms with van der Waals surface area (Å²) in [6.45, 7) is 3.67. The molecule has 1 fully saturated rings. The van der Waals surface area contributed by atoms with Crippen LogP contribution in [-0.4, -0.2) is 37.1 Å². The Morgan fingerprint density at radius 2 is 1.95 bits per heavy atom. The predicted molar refractivity (Wildman–Crippen MR) is 74.8 cm³/mol. The number of carbonyl (C=O) groups is 1. The number of rotatable bonds is 5. The van der Waals surface area contributed by atoms with Crippen molar-refractivity contribution in [2.75, 3.05) is 11.5 Å². The molecule has 6 heteroatoms. The van der Waals surface area contributed by atoms with E-state index in [1.807, 2.05) is 26.0 Å². The van der Waals surface area contributed by atoms with E-state index in [2.05, 4.69) is 0 Å². The number of hydrogen-bond acceptors (Lipinski definition) is 4. The smallest absolute Gasteiger partial charge is 0.304 e. The van der Waals surface area contributed by atoms with Crippen LogP contribution in [0.25, 0.3) is 0 Å². The van der Waals surface area contributed by atoms with Crippen LogP contribution in [0.5, 0.6) is 5.75 Å². The van der Waals surface area contributed by atoms with Crippen LogP contribution < -0.4 is 4.74 Å². The van der Waals surface area contributed by atoms with Crippen molar-refractivity contribution >= 4 is 15.8 Å². The van der Waals surface area contributed by atoms with Crippen LogP contribution in [0, 0.1) is 0 Å². The van der Waals surface area contributed by atoms with Crippen LogP contribution in [0.4, 0.5) is 0 Å². The lowest BCUT2D eigenvalue weighted by Gasteiger charge is -2.31. The highest BCUT2D eigenvalue weighted by Crippen LogP contribution is 2.35. The Morgan fingerprint density at radius 1 is 1.35 bits per heavy atom. The van der Waals surface area contributed by atoms with Crippen LogP contribution >= 0.6 is 0 Å². The number of carboxylic acid groups (broad SMARTS) is 1. The van der Waals surface area contributed by atoms with Crippen molar-refractivity contribution in [1.82, 2.24) is 0 Å². The fraction of sp³-hybridized carbons (Fsp3) is 0.500. The maximum atomic E-state index is 11.2. The van der Waals surface area contributed by atoms with Gasteiger partial charge >= 0.3 is 5.97 Å². The Morgan fingerprint density at radius 3 is 2.50 bits per heavy atom. The Kier molecular flexibility index (Phi) is 3.77. The first kappa shape index (κ1) is 14.8. The van der Waals surface area contributed by atoms with Crippen LogP contribution in [-0.2, 0) is 20.0 Å². The van der Waals surface area contributed by atoms with Gasteiger partial charge in [0.05, 0.1) is 17.9 Å². The SMILES string of the molecule is CC(C)(CC(=O)O)c1ccccc1OC1CS(=O)(=O)C1. The number of carboxylic acids is 1. The van der Waals surface area contributed by atoms with Crippen molar-refractivity contribution < 1.29 is 23.1 Å². The Labute approximate surface area is 118 Å². The van der Waals surface area contributed by atoms with Crippen molar-refractivity contribution in [2.24, 2.45) is 0 Å². The molecule has 0 amide bonds. The normalized spacial score (nSPS) is 18.3. The molecule has 0 radical (unpaired) electrons. The molecule has 1 N–H and O–H groups in total. The Bertz CT molecular complexity index is 606. The van der Waals surface area contributed by atoms with Gasteiger partial charge in [-0.2, -0.15) is 0 Å². The molecule has 5 nitrogen and oxygen atoms in total. The molecule has 1 aromatic carbocycles. The number of sulfone groups is 1. The van der Waals surface area contributed by atoms with E-state index in [1.54, 1.807) is 12.1 Å². The second-order valence-electron chi connectivity index (χ2n) is 5.77. The minimum atomic E-state index is -2.94. The first-order chi connectivity index (χ1) is 9.20. The number of hydrogen-bond donors (Lipinski definition) is 1. The first-order valence-electron chi connectivity index (χ1n) is 6.38. The fourth-order valence-electron chi connectivity index (χ4n) is 2.37. The standard InChI is InChI=1S/C14H18O5S/c1-14(2,7-13(15)16)11-5-3-4-6-12(11)19-10-8-20(17,18)9-10/h3-6,10H,7-9H2,1-2H3,(H,15,16). The van der Waals surface area contributed by atoms with E-state index in [4.69, 9.17) is 9.84 Å². The van der Waals surface area contributed by atoms with Gasteiger partial charge in [-0.05, 0) is 6.07 Å². The topological polar surface area (TPSA) is 80.7 Å². The van der Waals surface area contributed by atoms with Gasteiger partial charge in [0.15, 0.2) is 9.84 Å². The largest absolute Gasteiger partial charge is 0.488 e. The van der Waals surface area contributed by atoms with Gasteiger partial charge in [0.25, 0.3) is 0 Å². The van der Waals surface area contributed by atoms with Crippen molar-refractivity contribution in [2.45, 2.75) is 31.8 Å². The molecule has 1 aliphatic heterocycles. The summed E-state index contributed by atoms with van der Waals surface area (Å²) in [6.07, 6.45) is -0.349. The van der Waals surface area contributed by atoms with Crippen LogP contribution in [0.15, 0.2) is 24.3 Å². The molecule has 1 heterocycles. The molecular weight excluding hydrogens is 280 g/mol. The monoisotopic (exact) mass is 298 g/mol. The lowest BCUT2D eigenvalue weighted by atomic mass is 9.81. The lowest BCUT2D eigenvalue weighted by molar-refractivity contribution is -0.138. The fourth-order valence-corrected chi connectivity index (χ4v) is 3.54. The summed E-state index contributed by atoms with van der Waals surface area (Å²) in [7, 11) is -2.94. The predicted octanol–water partition coefficient (Wildman–Crippen LogP) is 1.61. The van der Waals surface area contributed by atoms with E-state index in [9.17, 15) is 13.2 Å². The first-order valence-corrected chi connectivity index (χ1v) is 8.20. The third-order valence-electron chi connectivity index (χ3n) is 3.38. The maximum Gasteiger partial charge on any atom is 0.304 e. The number of benzene rings is 1. The quantitative estimate of drug-likeness (QED) is 0.893. The summed E-state index contributed by atoms with van der Waals surface area (Å²) < 4.78 is 28.0. The van der Waals surface area contributed by atoms with Gasteiger partial charge in [-0.3, -0.25) is 4.79 Å². The van der Waals surface area contributed by atoms with E-state index >= 15 is 0 Å². The lowest BCUT2D eigenvalue weighted by Crippen LogP contribution is -2.45. The average Bonchev–Trinajstić information content (AvgIpc) is 2.25. The highest BCUT2D eigenvalue weighted by molar-refractivity contribution is 7.92. The molecule has 110 valence electrons. The van der Waals surface area contributed by atoms with Gasteiger partial charge in [-0.15, -0.1) is 0 Å². The Balaban J connectivity index is 2.20. The van der Waals surface area contributed by atoms with Gasteiger partial charge in [-0.1, -0.05) is 32.0 Å². The summed E-state index contributed by atoms with van der Waals surface area (Å²) in [5.41, 5.74) is 0.206. The van der Waals surface area contributed by atoms with E-state index in [1.165, 1.54) is 0 Å². The van der Waals surface area contributed by atoms with Crippen molar-refractivity contribution in [3.63, 3.8) is 0 Å². The van der Waals surface area contributed by atoms with Crippen molar-refractivity contribution in [1.29, 1.82) is 0 Å². The second-order valence-corrected chi connectivity index (χ2v) is 7.92. The highest BCUT2D eigenvalue weighted by Gasteiger charge is 2.36. The number of aliphatic carboxylic acids is 1. The zero-order valence-electron chi connectivity index (χ0n) is 11.5. The van der Waals surface area contributed by atoms with E-state index < -0.39 is 21.2 Å². The summed E-state index contributed by atoms with van der Waals surface area (Å²) in [5.74, 6) is -0.254. The summed E-state index contributed by atoms with van der Waals surface area (Å²) in [6, 6.07) is 7.20. The van der Waals surface area contributed by atoms with Crippen LogP contribution in [0.3, 0.4) is 0 Å². The molecule has 0 atom stereocenters. The summed E-state index contributed by atoms with van der Waals surface area (Å²) in [4.78, 5) is 11.0. The minimum absolute atomic E-state index is 0.0175. The van der Waals surface area contributed by atoms with Gasteiger partial charge in [-0.25, -0.2) is 8.42 Å². The summed E-state index contributed by atoms with van der Waals surface area (Å²) >= 11 is 0. The van der Waals surface area contributed by atoms with Gasteiger partial charge < -0.3 is 9.84 Å². The molecule has 0 aromatic heterocycles. The number of ether oxygens (including phenoxy) is 1. The Hall–Kier alpha value is -1.56. The van der Waals surface area contributed by atoms with E-state index in [-0.39, 0.29) is 24.0 Å². The van der Waals surface area contributed by atoms with E-state index in [0.717, 1.165) is 5.56 Å². The van der Waals surface area contributed by atoms with Crippen molar-refractivity contribution in [3.8, 4) is 5.75 Å². The van der Waals surface area contributed by atoms with Gasteiger partial charge in [0.2, 0.25) is 0 Å². The molecule has 0 unspecified atom stereocenters. The zero-order chi connectivity index (χ0) is 15.0. The van der Waals surface area contributed by atoms with Gasteiger partial charge in [0, 0.05) is 11.0 Å². The highest BCUT2D eigenvalue weighted by atomic mass is 32.2. The number of para-hydroxylation sites is 1. The van der Waals surface area contributed by atoms with Gasteiger partial charge in [0.1, 0.15) is 11.9 Å². The molecule has 1 aliphatic rings. The molecule has 1 saturated heterocycles. The molecular formula is C14H18O5S. The molecule has 2 rings (SSSR count). The average molecular weight is 298 g/mol. The third kappa shape index (κ3) is 3.30. The third-order valence-corrected chi connectivity index (χ3v) is 5.14. The molecule has 1 aromatic rings. The molecule has 0 saturated carbocycles. The van der Waals surface area contributed by atoms with Crippen LogP contribution in [0.2, 0.25) is 0 Å². The minimum Gasteiger partial charge on any atom is -0.488 e. The van der Waals surface area contributed by atoms with E-state index in [0.29, 0.717) is 5.75 Å². The van der Waals surface area contributed by atoms with Crippen LogP contribution in [0.1, 0.15) is 25.8 Å². The molecule has 0 bridgehead atoms. The molecule has 0 aliphatic carbocycles. The molecule has 20 heavy (non-hydrogen) atoms. The second kappa shape index (κ2) is 5.09.